The first-order valence-corrected chi connectivity index (χ1v) is 8.61. The minimum atomic E-state index is 0.114. The monoisotopic (exact) mass is 300 g/mol. The first-order valence-electron chi connectivity index (χ1n) is 7.79. The van der Waals surface area contributed by atoms with Crippen molar-refractivity contribution in [2.75, 3.05) is 6.54 Å². The molecule has 0 saturated carbocycles. The number of hydrogen-bond acceptors (Lipinski definition) is 3. The van der Waals surface area contributed by atoms with Crippen LogP contribution < -0.4 is 5.32 Å². The van der Waals surface area contributed by atoms with Crippen LogP contribution in [-0.4, -0.2) is 11.5 Å². The SMILES string of the molecule is CCNCc1sc(C2Cc3ccccc32)nc1C(C)(C)C. The van der Waals surface area contributed by atoms with Crippen LogP contribution in [0.15, 0.2) is 24.3 Å². The molecule has 1 aromatic heterocycles. The fourth-order valence-electron chi connectivity index (χ4n) is 2.94. The van der Waals surface area contributed by atoms with E-state index in [2.05, 4.69) is 57.3 Å². The Hall–Kier alpha value is -1.19. The van der Waals surface area contributed by atoms with Crippen molar-refractivity contribution in [1.29, 1.82) is 0 Å². The fraction of sp³-hybridized carbons (Fsp3) is 0.500. The molecule has 1 aliphatic carbocycles. The van der Waals surface area contributed by atoms with Crippen molar-refractivity contribution in [3.05, 3.63) is 51.0 Å². The van der Waals surface area contributed by atoms with Gasteiger partial charge < -0.3 is 5.32 Å². The predicted octanol–water partition coefficient (Wildman–Crippen LogP) is 4.24. The average Bonchev–Trinajstić information content (AvgIpc) is 2.81. The molecule has 0 aliphatic heterocycles. The summed E-state index contributed by atoms with van der Waals surface area (Å²) in [6.45, 7) is 10.9. The Kier molecular flexibility index (Phi) is 3.89. The second-order valence-electron chi connectivity index (χ2n) is 6.81. The van der Waals surface area contributed by atoms with Crippen LogP contribution in [0.2, 0.25) is 0 Å². The van der Waals surface area contributed by atoms with E-state index in [9.17, 15) is 0 Å². The van der Waals surface area contributed by atoms with Gasteiger partial charge in [-0.2, -0.15) is 0 Å². The van der Waals surface area contributed by atoms with Crippen LogP contribution in [0.5, 0.6) is 0 Å². The van der Waals surface area contributed by atoms with Gasteiger partial charge in [0.25, 0.3) is 0 Å². The van der Waals surface area contributed by atoms with E-state index in [0.29, 0.717) is 5.92 Å². The van der Waals surface area contributed by atoms with E-state index in [4.69, 9.17) is 4.98 Å². The Morgan fingerprint density at radius 1 is 1.29 bits per heavy atom. The highest BCUT2D eigenvalue weighted by Crippen LogP contribution is 2.43. The average molecular weight is 300 g/mol. The first-order chi connectivity index (χ1) is 10.0. The quantitative estimate of drug-likeness (QED) is 0.913. The minimum Gasteiger partial charge on any atom is -0.312 e. The van der Waals surface area contributed by atoms with E-state index in [0.717, 1.165) is 19.5 Å². The Bertz CT molecular complexity index is 637. The molecule has 2 aromatic rings. The molecule has 0 spiro atoms. The number of fused-ring (bicyclic) bond motifs is 1. The van der Waals surface area contributed by atoms with Gasteiger partial charge in [-0.25, -0.2) is 4.98 Å². The standard InChI is InChI=1S/C18H24N2S/c1-5-19-11-15-16(18(2,3)4)20-17(21-15)14-10-12-8-6-7-9-13(12)14/h6-9,14,19H,5,10-11H2,1-4H3. The molecular formula is C18H24N2S. The second-order valence-corrected chi connectivity index (χ2v) is 7.92. The van der Waals surface area contributed by atoms with E-state index < -0.39 is 0 Å². The molecule has 1 heterocycles. The largest absolute Gasteiger partial charge is 0.312 e. The van der Waals surface area contributed by atoms with Gasteiger partial charge in [-0.3, -0.25) is 0 Å². The molecule has 1 aliphatic rings. The van der Waals surface area contributed by atoms with Gasteiger partial charge in [0.2, 0.25) is 0 Å². The molecule has 2 nitrogen and oxygen atoms in total. The maximum atomic E-state index is 5.03. The highest BCUT2D eigenvalue weighted by atomic mass is 32.1. The zero-order valence-corrected chi connectivity index (χ0v) is 14.2. The number of nitrogens with one attached hydrogen (secondary N) is 1. The zero-order chi connectivity index (χ0) is 15.0. The summed E-state index contributed by atoms with van der Waals surface area (Å²) >= 11 is 1.90. The summed E-state index contributed by atoms with van der Waals surface area (Å²) in [6, 6.07) is 8.77. The maximum Gasteiger partial charge on any atom is 0.101 e. The van der Waals surface area contributed by atoms with Crippen molar-refractivity contribution >= 4 is 11.3 Å². The molecule has 0 amide bonds. The van der Waals surface area contributed by atoms with Crippen LogP contribution in [0.3, 0.4) is 0 Å². The van der Waals surface area contributed by atoms with Crippen LogP contribution in [0.1, 0.15) is 60.3 Å². The van der Waals surface area contributed by atoms with Crippen molar-refractivity contribution < 1.29 is 0 Å². The van der Waals surface area contributed by atoms with Gasteiger partial charge in [-0.05, 0) is 24.1 Å². The van der Waals surface area contributed by atoms with Gasteiger partial charge in [0.05, 0.1) is 5.69 Å². The molecule has 0 fully saturated rings. The molecule has 3 heteroatoms. The topological polar surface area (TPSA) is 24.9 Å². The van der Waals surface area contributed by atoms with Gasteiger partial charge in [-0.1, -0.05) is 52.0 Å². The van der Waals surface area contributed by atoms with E-state index in [1.807, 2.05) is 11.3 Å². The highest BCUT2D eigenvalue weighted by molar-refractivity contribution is 7.11. The van der Waals surface area contributed by atoms with Gasteiger partial charge in [0, 0.05) is 22.8 Å². The summed E-state index contributed by atoms with van der Waals surface area (Å²) in [5.74, 6) is 0.516. The summed E-state index contributed by atoms with van der Waals surface area (Å²) in [4.78, 5) is 6.44. The minimum absolute atomic E-state index is 0.114. The van der Waals surface area contributed by atoms with Crippen LogP contribution in [0.4, 0.5) is 0 Å². The highest BCUT2D eigenvalue weighted by Gasteiger charge is 2.32. The van der Waals surface area contributed by atoms with Gasteiger partial charge in [0.1, 0.15) is 5.01 Å². The van der Waals surface area contributed by atoms with Gasteiger partial charge in [0.15, 0.2) is 0 Å². The Morgan fingerprint density at radius 2 is 2.05 bits per heavy atom. The molecule has 1 unspecified atom stereocenters. The third-order valence-corrected chi connectivity index (χ3v) is 5.28. The summed E-state index contributed by atoms with van der Waals surface area (Å²) in [7, 11) is 0. The van der Waals surface area contributed by atoms with Crippen molar-refractivity contribution in [3.8, 4) is 0 Å². The third-order valence-electron chi connectivity index (χ3n) is 4.11. The van der Waals surface area contributed by atoms with Crippen LogP contribution in [0, 0.1) is 0 Å². The Balaban J connectivity index is 1.93. The van der Waals surface area contributed by atoms with Gasteiger partial charge in [-0.15, -0.1) is 11.3 Å². The van der Waals surface area contributed by atoms with Crippen LogP contribution in [-0.2, 0) is 18.4 Å². The summed E-state index contributed by atoms with van der Waals surface area (Å²) < 4.78 is 0. The summed E-state index contributed by atoms with van der Waals surface area (Å²) in [5, 5.41) is 4.75. The van der Waals surface area contributed by atoms with Crippen molar-refractivity contribution in [2.24, 2.45) is 0 Å². The first kappa shape index (κ1) is 14.7. The normalized spacial score (nSPS) is 17.4. The summed E-state index contributed by atoms with van der Waals surface area (Å²) in [6.07, 6.45) is 1.15. The molecular weight excluding hydrogens is 276 g/mol. The molecule has 3 rings (SSSR count). The fourth-order valence-corrected chi connectivity index (χ4v) is 4.31. The number of thiazole rings is 1. The number of rotatable bonds is 4. The molecule has 112 valence electrons. The van der Waals surface area contributed by atoms with Crippen molar-refractivity contribution in [3.63, 3.8) is 0 Å². The zero-order valence-electron chi connectivity index (χ0n) is 13.4. The van der Waals surface area contributed by atoms with E-state index in [1.54, 1.807) is 0 Å². The lowest BCUT2D eigenvalue weighted by molar-refractivity contribution is 0.555. The molecule has 1 aromatic carbocycles. The van der Waals surface area contributed by atoms with Crippen LogP contribution >= 0.6 is 11.3 Å². The molecule has 1 N–H and O–H groups in total. The van der Waals surface area contributed by atoms with Crippen LogP contribution in [0.25, 0.3) is 0 Å². The third kappa shape index (κ3) is 2.77. The van der Waals surface area contributed by atoms with E-state index in [-0.39, 0.29) is 5.41 Å². The molecule has 0 saturated heterocycles. The maximum absolute atomic E-state index is 5.03. The lowest BCUT2D eigenvalue weighted by Crippen LogP contribution is -2.19. The number of benzene rings is 1. The van der Waals surface area contributed by atoms with E-state index in [1.165, 1.54) is 26.7 Å². The second kappa shape index (κ2) is 5.54. The number of aromatic nitrogens is 1. The van der Waals surface area contributed by atoms with E-state index >= 15 is 0 Å². The molecule has 0 radical (unpaired) electrons. The Morgan fingerprint density at radius 3 is 2.71 bits per heavy atom. The molecule has 1 atom stereocenters. The lowest BCUT2D eigenvalue weighted by atomic mass is 9.78. The Labute approximate surface area is 131 Å². The number of nitrogens with zero attached hydrogens (tertiary/aromatic N) is 1. The molecule has 0 bridgehead atoms. The molecule has 21 heavy (non-hydrogen) atoms. The lowest BCUT2D eigenvalue weighted by Gasteiger charge is -2.28. The van der Waals surface area contributed by atoms with Gasteiger partial charge >= 0.3 is 0 Å². The van der Waals surface area contributed by atoms with Crippen molar-refractivity contribution in [2.45, 2.75) is 52.0 Å². The predicted molar refractivity (Wildman–Crippen MR) is 90.2 cm³/mol. The smallest absolute Gasteiger partial charge is 0.101 e. The van der Waals surface area contributed by atoms with Crippen molar-refractivity contribution in [1.82, 2.24) is 10.3 Å². The number of hydrogen-bond donors (Lipinski definition) is 1. The summed E-state index contributed by atoms with van der Waals surface area (Å²) in [5.41, 5.74) is 4.35.